The lowest BCUT2D eigenvalue weighted by atomic mass is 10.3. The van der Waals surface area contributed by atoms with Gasteiger partial charge in [-0.3, -0.25) is 0 Å². The minimum absolute atomic E-state index is 0.0125. The van der Waals surface area contributed by atoms with Gasteiger partial charge in [0.25, 0.3) is 5.79 Å². The van der Waals surface area contributed by atoms with E-state index in [0.29, 0.717) is 11.2 Å². The van der Waals surface area contributed by atoms with Crippen LogP contribution in [0, 0.1) is 0 Å². The van der Waals surface area contributed by atoms with E-state index in [-0.39, 0.29) is 6.08 Å². The summed E-state index contributed by atoms with van der Waals surface area (Å²) in [6, 6.07) is 8.63. The van der Waals surface area contributed by atoms with E-state index in [9.17, 15) is 13.2 Å². The number of hydrogen-bond acceptors (Lipinski definition) is 5. The lowest BCUT2D eigenvalue weighted by molar-refractivity contribution is -0.324. The summed E-state index contributed by atoms with van der Waals surface area (Å²) in [4.78, 5) is 4.90. The predicted octanol–water partition coefficient (Wildman–Crippen LogP) is 2.40. The van der Waals surface area contributed by atoms with Crippen molar-refractivity contribution < 1.29 is 32.6 Å². The zero-order valence-electron chi connectivity index (χ0n) is 8.79. The van der Waals surface area contributed by atoms with Crippen molar-refractivity contribution in [3.05, 3.63) is 42.7 Å². The molecule has 0 fully saturated rings. The minimum atomic E-state index is -5.21. The maximum absolute atomic E-state index is 12.0. The molecular formula is C10H9F3O4S. The molecule has 0 bridgehead atoms. The van der Waals surface area contributed by atoms with E-state index in [2.05, 4.69) is 9.22 Å². The Labute approximate surface area is 105 Å². The fourth-order valence-electron chi connectivity index (χ4n) is 0.775. The van der Waals surface area contributed by atoms with Crippen LogP contribution in [-0.4, -0.2) is 22.2 Å². The smallest absolute Gasteiger partial charge is 0.355 e. The fourth-order valence-corrected chi connectivity index (χ4v) is 1.21. The molecule has 0 heterocycles. The molecule has 0 aliphatic carbocycles. The third-order valence-corrected chi connectivity index (χ3v) is 2.30. The van der Waals surface area contributed by atoms with Gasteiger partial charge in [0.2, 0.25) is 0 Å². The van der Waals surface area contributed by atoms with E-state index in [0.717, 1.165) is 12.0 Å². The molecule has 0 saturated heterocycles. The van der Waals surface area contributed by atoms with Crippen molar-refractivity contribution in [3.8, 4) is 0 Å². The largest absolute Gasteiger partial charge is 0.447 e. The second kappa shape index (κ2) is 6.10. The maximum atomic E-state index is 12.0. The summed E-state index contributed by atoms with van der Waals surface area (Å²) in [7, 11) is 0. The molecule has 0 spiro atoms. The monoisotopic (exact) mass is 282 g/mol. The fraction of sp³-hybridized carbons (Fsp3) is 0.200. The normalized spacial score (nSPS) is 12.9. The van der Waals surface area contributed by atoms with Gasteiger partial charge in [-0.1, -0.05) is 18.2 Å². The Morgan fingerprint density at radius 3 is 2.28 bits per heavy atom. The Balaban J connectivity index is 2.34. The first-order chi connectivity index (χ1) is 8.33. The SMILES string of the molecule is OC(O)(C=COOSc1ccccc1)C(F)(F)F. The zero-order valence-corrected chi connectivity index (χ0v) is 9.61. The molecule has 2 N–H and O–H groups in total. The molecule has 0 saturated carbocycles. The summed E-state index contributed by atoms with van der Waals surface area (Å²) >= 11 is 0.761. The molecule has 4 nitrogen and oxygen atoms in total. The highest BCUT2D eigenvalue weighted by atomic mass is 32.2. The summed E-state index contributed by atoms with van der Waals surface area (Å²) in [6.45, 7) is 0. The highest BCUT2D eigenvalue weighted by Crippen LogP contribution is 2.29. The standard InChI is InChI=1S/C10H9F3O4S/c11-10(12,13)9(14,15)6-7-16-17-18-8-4-2-1-3-5-8/h1-7,14-15H. The van der Waals surface area contributed by atoms with Crippen LogP contribution in [0.4, 0.5) is 13.2 Å². The lowest BCUT2D eigenvalue weighted by Gasteiger charge is -2.19. The number of halogens is 3. The molecule has 0 unspecified atom stereocenters. The molecular weight excluding hydrogens is 273 g/mol. The zero-order chi connectivity index (χ0) is 13.6. The van der Waals surface area contributed by atoms with Crippen LogP contribution in [0.5, 0.6) is 0 Å². The predicted molar refractivity (Wildman–Crippen MR) is 56.8 cm³/mol. The maximum Gasteiger partial charge on any atom is 0.447 e. The van der Waals surface area contributed by atoms with E-state index in [1.165, 1.54) is 0 Å². The summed E-state index contributed by atoms with van der Waals surface area (Å²) < 4.78 is 40.3. The molecule has 100 valence electrons. The summed E-state index contributed by atoms with van der Waals surface area (Å²) in [5.41, 5.74) is 0. The summed E-state index contributed by atoms with van der Waals surface area (Å²) in [5.74, 6) is -3.95. The van der Waals surface area contributed by atoms with Gasteiger partial charge < -0.3 is 15.1 Å². The Bertz CT molecular complexity index is 392. The van der Waals surface area contributed by atoms with Gasteiger partial charge in [-0.2, -0.15) is 13.2 Å². The summed E-state index contributed by atoms with van der Waals surface area (Å²) in [5, 5.41) is 17.1. The molecule has 0 aliphatic heterocycles. The third-order valence-electron chi connectivity index (χ3n) is 1.69. The van der Waals surface area contributed by atoms with Crippen molar-refractivity contribution in [1.29, 1.82) is 0 Å². The van der Waals surface area contributed by atoms with Gasteiger partial charge in [-0.25, -0.2) is 0 Å². The highest BCUT2D eigenvalue weighted by Gasteiger charge is 2.51. The van der Waals surface area contributed by atoms with E-state index in [4.69, 9.17) is 10.2 Å². The molecule has 1 rings (SSSR count). The van der Waals surface area contributed by atoms with E-state index in [1.54, 1.807) is 30.3 Å². The van der Waals surface area contributed by atoms with Crippen LogP contribution in [0.1, 0.15) is 0 Å². The quantitative estimate of drug-likeness (QED) is 0.217. The average molecular weight is 282 g/mol. The van der Waals surface area contributed by atoms with Crippen molar-refractivity contribution in [2.45, 2.75) is 16.9 Å². The van der Waals surface area contributed by atoms with Gasteiger partial charge in [0.05, 0.1) is 12.0 Å². The van der Waals surface area contributed by atoms with Crippen LogP contribution in [-0.2, 0) is 9.22 Å². The molecule has 0 atom stereocenters. The van der Waals surface area contributed by atoms with Gasteiger partial charge in [0, 0.05) is 11.0 Å². The average Bonchev–Trinajstić information content (AvgIpc) is 2.28. The molecule has 0 aliphatic rings. The van der Waals surface area contributed by atoms with Crippen LogP contribution in [0.15, 0.2) is 47.6 Å². The number of hydrogen-bond donors (Lipinski definition) is 2. The number of alkyl halides is 3. The molecule has 1 aromatic carbocycles. The number of aliphatic hydroxyl groups is 2. The molecule has 18 heavy (non-hydrogen) atoms. The van der Waals surface area contributed by atoms with Crippen molar-refractivity contribution >= 4 is 12.0 Å². The Morgan fingerprint density at radius 1 is 1.11 bits per heavy atom. The minimum Gasteiger partial charge on any atom is -0.355 e. The van der Waals surface area contributed by atoms with Crippen molar-refractivity contribution in [2.75, 3.05) is 0 Å². The molecule has 0 amide bonds. The Morgan fingerprint density at radius 2 is 1.72 bits per heavy atom. The van der Waals surface area contributed by atoms with Crippen molar-refractivity contribution in [3.63, 3.8) is 0 Å². The Hall–Kier alpha value is -1.22. The third kappa shape index (κ3) is 4.57. The first-order valence-corrected chi connectivity index (χ1v) is 5.31. The number of rotatable bonds is 5. The van der Waals surface area contributed by atoms with Gasteiger partial charge in [0.15, 0.2) is 0 Å². The second-order valence-electron chi connectivity index (χ2n) is 3.09. The van der Waals surface area contributed by atoms with Gasteiger partial charge in [-0.15, -0.1) is 4.33 Å². The van der Waals surface area contributed by atoms with Crippen LogP contribution >= 0.6 is 12.0 Å². The van der Waals surface area contributed by atoms with Gasteiger partial charge in [-0.05, 0) is 12.1 Å². The molecule has 8 heteroatoms. The van der Waals surface area contributed by atoms with Crippen LogP contribution in [0.2, 0.25) is 0 Å². The first-order valence-electron chi connectivity index (χ1n) is 4.57. The first kappa shape index (κ1) is 14.8. The van der Waals surface area contributed by atoms with Gasteiger partial charge >= 0.3 is 6.18 Å². The van der Waals surface area contributed by atoms with E-state index >= 15 is 0 Å². The second-order valence-corrected chi connectivity index (χ2v) is 3.86. The van der Waals surface area contributed by atoms with Crippen LogP contribution < -0.4 is 0 Å². The van der Waals surface area contributed by atoms with Gasteiger partial charge in [0.1, 0.15) is 6.26 Å². The van der Waals surface area contributed by atoms with Crippen molar-refractivity contribution in [1.82, 2.24) is 0 Å². The summed E-state index contributed by atoms with van der Waals surface area (Å²) in [6.07, 6.45) is -4.80. The molecule has 0 aromatic heterocycles. The van der Waals surface area contributed by atoms with Crippen LogP contribution in [0.3, 0.4) is 0 Å². The highest BCUT2D eigenvalue weighted by molar-refractivity contribution is 7.94. The molecule has 0 radical (unpaired) electrons. The number of benzene rings is 1. The van der Waals surface area contributed by atoms with E-state index in [1.807, 2.05) is 0 Å². The topological polar surface area (TPSA) is 58.9 Å². The lowest BCUT2D eigenvalue weighted by Crippen LogP contribution is -2.42. The molecule has 1 aromatic rings. The van der Waals surface area contributed by atoms with Crippen LogP contribution in [0.25, 0.3) is 0 Å². The Kier molecular flexibility index (Phi) is 5.03. The van der Waals surface area contributed by atoms with Crippen molar-refractivity contribution in [2.24, 2.45) is 0 Å². The van der Waals surface area contributed by atoms with E-state index < -0.39 is 12.0 Å².